The predicted molar refractivity (Wildman–Crippen MR) is 87.1 cm³/mol. The normalized spacial score (nSPS) is 9.78. The third-order valence-corrected chi connectivity index (χ3v) is 2.97. The summed E-state index contributed by atoms with van der Waals surface area (Å²) in [6, 6.07) is 15.8. The van der Waals surface area contributed by atoms with Gasteiger partial charge in [-0.25, -0.2) is 10.2 Å². The zero-order chi connectivity index (χ0) is 16.5. The first-order valence-electron chi connectivity index (χ1n) is 7.24. The fraction of sp³-hybridized carbons (Fsp3) is 0.176. The summed E-state index contributed by atoms with van der Waals surface area (Å²) in [7, 11) is 0. The molecule has 0 unspecified atom stereocenters. The molecule has 0 bridgehead atoms. The lowest BCUT2D eigenvalue weighted by molar-refractivity contribution is 0.0936. The van der Waals surface area contributed by atoms with Gasteiger partial charge < -0.3 is 10.1 Å². The summed E-state index contributed by atoms with van der Waals surface area (Å²) >= 11 is 0. The molecule has 0 atom stereocenters. The maximum Gasteiger partial charge on any atom is 0.333 e. The van der Waals surface area contributed by atoms with Crippen LogP contribution < -0.4 is 20.9 Å². The predicted octanol–water partition coefficient (Wildman–Crippen LogP) is 2.02. The average Bonchev–Trinajstić information content (AvgIpc) is 2.57. The molecule has 0 radical (unpaired) electrons. The van der Waals surface area contributed by atoms with Gasteiger partial charge in [-0.15, -0.1) is 0 Å². The smallest absolute Gasteiger partial charge is 0.333 e. The van der Waals surface area contributed by atoms with Crippen LogP contribution in [-0.4, -0.2) is 25.1 Å². The Morgan fingerprint density at radius 2 is 1.78 bits per heavy atom. The summed E-state index contributed by atoms with van der Waals surface area (Å²) in [5, 5.41) is 2.58. The van der Waals surface area contributed by atoms with E-state index in [0.717, 1.165) is 11.3 Å². The van der Waals surface area contributed by atoms with Crippen LogP contribution in [0, 0.1) is 6.92 Å². The first kappa shape index (κ1) is 16.4. The number of nitrogens with one attached hydrogen (secondary N) is 3. The first-order valence-corrected chi connectivity index (χ1v) is 7.24. The number of amides is 3. The summed E-state index contributed by atoms with van der Waals surface area (Å²) < 4.78 is 5.50. The second kappa shape index (κ2) is 8.43. The lowest BCUT2D eigenvalue weighted by Crippen LogP contribution is -2.47. The number of urea groups is 1. The monoisotopic (exact) mass is 313 g/mol. The van der Waals surface area contributed by atoms with Gasteiger partial charge in [-0.3, -0.25) is 10.2 Å². The largest absolute Gasteiger partial charge is 0.492 e. The van der Waals surface area contributed by atoms with E-state index in [9.17, 15) is 9.59 Å². The van der Waals surface area contributed by atoms with E-state index in [1.54, 1.807) is 24.3 Å². The molecule has 0 fully saturated rings. The maximum atomic E-state index is 11.7. The topological polar surface area (TPSA) is 79.5 Å². The van der Waals surface area contributed by atoms with Crippen molar-refractivity contribution in [1.29, 1.82) is 0 Å². The van der Waals surface area contributed by atoms with E-state index in [-0.39, 0.29) is 5.91 Å². The van der Waals surface area contributed by atoms with Gasteiger partial charge in [-0.1, -0.05) is 30.3 Å². The Morgan fingerprint density at radius 3 is 2.52 bits per heavy atom. The number of ether oxygens (including phenoxy) is 1. The van der Waals surface area contributed by atoms with Gasteiger partial charge in [0, 0.05) is 5.56 Å². The molecular weight excluding hydrogens is 294 g/mol. The molecule has 0 spiro atoms. The fourth-order valence-electron chi connectivity index (χ4n) is 1.86. The van der Waals surface area contributed by atoms with E-state index < -0.39 is 6.03 Å². The third kappa shape index (κ3) is 5.70. The molecule has 2 rings (SSSR count). The highest BCUT2D eigenvalue weighted by Crippen LogP contribution is 2.11. The van der Waals surface area contributed by atoms with Crippen LogP contribution in [0.3, 0.4) is 0 Å². The van der Waals surface area contributed by atoms with Gasteiger partial charge in [0.1, 0.15) is 12.4 Å². The number of aryl methyl sites for hydroxylation is 1. The zero-order valence-electron chi connectivity index (χ0n) is 12.8. The molecule has 0 aliphatic heterocycles. The van der Waals surface area contributed by atoms with Crippen molar-refractivity contribution in [3.8, 4) is 5.75 Å². The number of rotatable bonds is 5. The van der Waals surface area contributed by atoms with Gasteiger partial charge in [-0.2, -0.15) is 0 Å². The van der Waals surface area contributed by atoms with E-state index in [0.29, 0.717) is 18.7 Å². The molecule has 23 heavy (non-hydrogen) atoms. The highest BCUT2D eigenvalue weighted by molar-refractivity contribution is 5.95. The lowest BCUT2D eigenvalue weighted by atomic mass is 10.2. The van der Waals surface area contributed by atoms with Crippen LogP contribution in [0.25, 0.3) is 0 Å². The number of carbonyl (C=O) groups excluding carboxylic acids is 2. The molecule has 6 heteroatoms. The van der Waals surface area contributed by atoms with Gasteiger partial charge in [0.05, 0.1) is 6.54 Å². The van der Waals surface area contributed by atoms with Crippen LogP contribution in [0.5, 0.6) is 5.75 Å². The molecule has 0 heterocycles. The zero-order valence-corrected chi connectivity index (χ0v) is 12.8. The molecule has 0 aliphatic carbocycles. The van der Waals surface area contributed by atoms with Crippen molar-refractivity contribution in [3.05, 3.63) is 65.7 Å². The Kier molecular flexibility index (Phi) is 5.99. The van der Waals surface area contributed by atoms with Crippen LogP contribution in [0.2, 0.25) is 0 Å². The van der Waals surface area contributed by atoms with Gasteiger partial charge in [-0.05, 0) is 36.8 Å². The highest BCUT2D eigenvalue weighted by Gasteiger charge is 2.05. The number of benzene rings is 2. The van der Waals surface area contributed by atoms with Gasteiger partial charge >= 0.3 is 6.03 Å². The lowest BCUT2D eigenvalue weighted by Gasteiger charge is -2.10. The first-order chi connectivity index (χ1) is 11.1. The van der Waals surface area contributed by atoms with Gasteiger partial charge in [0.15, 0.2) is 0 Å². The summed E-state index contributed by atoms with van der Waals surface area (Å²) in [6.45, 7) is 2.64. The Labute approximate surface area is 134 Å². The Morgan fingerprint density at radius 1 is 1.00 bits per heavy atom. The van der Waals surface area contributed by atoms with Crippen molar-refractivity contribution in [2.75, 3.05) is 13.2 Å². The van der Waals surface area contributed by atoms with Crippen molar-refractivity contribution in [3.63, 3.8) is 0 Å². The Balaban J connectivity index is 1.63. The van der Waals surface area contributed by atoms with Crippen molar-refractivity contribution < 1.29 is 14.3 Å². The molecule has 2 aromatic carbocycles. The molecule has 3 N–H and O–H groups in total. The van der Waals surface area contributed by atoms with Gasteiger partial charge in [0.25, 0.3) is 5.91 Å². The van der Waals surface area contributed by atoms with Crippen molar-refractivity contribution in [1.82, 2.24) is 16.2 Å². The van der Waals surface area contributed by atoms with E-state index in [1.807, 2.05) is 37.3 Å². The second-order valence-corrected chi connectivity index (χ2v) is 4.87. The number of hydrazine groups is 1. The van der Waals surface area contributed by atoms with E-state index in [2.05, 4.69) is 16.2 Å². The standard InChI is InChI=1S/C17H19N3O3/c1-13-6-5-9-15(12-13)23-11-10-18-17(22)20-19-16(21)14-7-3-2-4-8-14/h2-9,12H,10-11H2,1H3,(H,19,21)(H2,18,20,22). The summed E-state index contributed by atoms with van der Waals surface area (Å²) in [4.78, 5) is 23.3. The molecule has 2 aromatic rings. The van der Waals surface area contributed by atoms with Crippen molar-refractivity contribution >= 4 is 11.9 Å². The minimum atomic E-state index is -0.498. The molecular formula is C17H19N3O3. The molecule has 120 valence electrons. The van der Waals surface area contributed by atoms with E-state index in [4.69, 9.17) is 4.74 Å². The van der Waals surface area contributed by atoms with Crippen LogP contribution in [0.4, 0.5) is 4.79 Å². The summed E-state index contributed by atoms with van der Waals surface area (Å²) in [6.07, 6.45) is 0. The van der Waals surface area contributed by atoms with Crippen LogP contribution in [0.15, 0.2) is 54.6 Å². The molecule has 0 saturated heterocycles. The van der Waals surface area contributed by atoms with Crippen LogP contribution in [-0.2, 0) is 0 Å². The molecule has 3 amide bonds. The number of hydrogen-bond donors (Lipinski definition) is 3. The quantitative estimate of drug-likeness (QED) is 0.583. The van der Waals surface area contributed by atoms with E-state index >= 15 is 0 Å². The van der Waals surface area contributed by atoms with E-state index in [1.165, 1.54) is 0 Å². The highest BCUT2D eigenvalue weighted by atomic mass is 16.5. The van der Waals surface area contributed by atoms with Gasteiger partial charge in [0.2, 0.25) is 0 Å². The molecule has 0 aromatic heterocycles. The minimum Gasteiger partial charge on any atom is -0.492 e. The SMILES string of the molecule is Cc1cccc(OCCNC(=O)NNC(=O)c2ccccc2)c1. The average molecular weight is 313 g/mol. The number of hydrogen-bond acceptors (Lipinski definition) is 3. The molecule has 0 aliphatic rings. The number of carbonyl (C=O) groups is 2. The van der Waals surface area contributed by atoms with Crippen LogP contribution >= 0.6 is 0 Å². The minimum absolute atomic E-state index is 0.320. The second-order valence-electron chi connectivity index (χ2n) is 4.87. The van der Waals surface area contributed by atoms with Crippen molar-refractivity contribution in [2.45, 2.75) is 6.92 Å². The Hall–Kier alpha value is -3.02. The fourth-order valence-corrected chi connectivity index (χ4v) is 1.86. The van der Waals surface area contributed by atoms with Crippen LogP contribution in [0.1, 0.15) is 15.9 Å². The van der Waals surface area contributed by atoms with Crippen molar-refractivity contribution in [2.24, 2.45) is 0 Å². The Bertz CT molecular complexity index is 659. The third-order valence-electron chi connectivity index (χ3n) is 2.97. The maximum absolute atomic E-state index is 11.7. The summed E-state index contributed by atoms with van der Waals surface area (Å²) in [5.74, 6) is 0.376. The molecule has 0 saturated carbocycles. The molecule has 6 nitrogen and oxygen atoms in total. The summed E-state index contributed by atoms with van der Waals surface area (Å²) in [5.41, 5.74) is 6.18.